The summed E-state index contributed by atoms with van der Waals surface area (Å²) in [5, 5.41) is 10.6. The highest BCUT2D eigenvalue weighted by atomic mass is 31.2. The lowest BCUT2D eigenvalue weighted by Crippen LogP contribution is -2.62. The van der Waals surface area contributed by atoms with Gasteiger partial charge in [0.1, 0.15) is 36.5 Å². The van der Waals surface area contributed by atoms with E-state index < -0.39 is 97.3 Å². The van der Waals surface area contributed by atoms with Crippen LogP contribution in [0.2, 0.25) is 0 Å². The smallest absolute Gasteiger partial charge is 0.404 e. The first kappa shape index (κ1) is 59.8. The molecule has 5 aromatic rings. The van der Waals surface area contributed by atoms with E-state index in [-0.39, 0.29) is 92.5 Å². The van der Waals surface area contributed by atoms with Gasteiger partial charge in [0.25, 0.3) is 11.8 Å². The maximum Gasteiger partial charge on any atom is 0.404 e. The highest BCUT2D eigenvalue weighted by molar-refractivity contribution is 7.52. The number of hydrogen-bond donors (Lipinski definition) is 7. The zero-order valence-electron chi connectivity index (χ0n) is 45.6. The number of halogens is 2. The molecule has 5 atom stereocenters. The summed E-state index contributed by atoms with van der Waals surface area (Å²) in [6.45, 7) is -0.744. The van der Waals surface area contributed by atoms with Crippen molar-refractivity contribution in [2.75, 3.05) is 19.7 Å². The number of aryl methyl sites for hydroxylation is 1. The lowest BCUT2D eigenvalue weighted by Gasteiger charge is -2.39. The van der Waals surface area contributed by atoms with Crippen molar-refractivity contribution < 1.29 is 71.0 Å². The number of primary amides is 1. The third kappa shape index (κ3) is 13.0. The van der Waals surface area contributed by atoms with Gasteiger partial charge in [-0.2, -0.15) is 8.78 Å². The molecule has 4 aliphatic rings. The molecule has 3 saturated heterocycles. The van der Waals surface area contributed by atoms with Crippen molar-refractivity contribution in [2.45, 2.75) is 113 Å². The van der Waals surface area contributed by atoms with Crippen LogP contribution in [0, 0.1) is 11.8 Å². The van der Waals surface area contributed by atoms with E-state index in [2.05, 4.69) is 33.1 Å². The number of amides is 9. The zero-order chi connectivity index (χ0) is 60.0. The van der Waals surface area contributed by atoms with Gasteiger partial charge in [-0.15, -0.1) is 0 Å². The Kier molecular flexibility index (Phi) is 18.1. The number of nitrogens with zero attached hydrogens (tertiary/aromatic N) is 4. The summed E-state index contributed by atoms with van der Waals surface area (Å²) in [6, 6.07) is 20.9. The van der Waals surface area contributed by atoms with Crippen LogP contribution in [0.25, 0.3) is 10.9 Å². The first-order valence-corrected chi connectivity index (χ1v) is 29.0. The summed E-state index contributed by atoms with van der Waals surface area (Å²) >= 11 is 0. The maximum absolute atomic E-state index is 15.1. The van der Waals surface area contributed by atoms with Crippen LogP contribution in [0.5, 0.6) is 0 Å². The van der Waals surface area contributed by atoms with Crippen LogP contribution in [-0.2, 0) is 57.3 Å². The topological polar surface area (TPSA) is 309 Å². The Hall–Kier alpha value is -8.78. The molecule has 8 N–H and O–H groups in total. The summed E-state index contributed by atoms with van der Waals surface area (Å²) in [6.07, 6.45) is 1.88. The molecular formula is C59H62F2N9O13P. The second-order valence-corrected chi connectivity index (χ2v) is 22.8. The number of carbonyl (C=O) groups excluding carboxylic acids is 9. The Morgan fingerprint density at radius 1 is 0.869 bits per heavy atom. The average molecular weight is 1170 g/mol. The van der Waals surface area contributed by atoms with Gasteiger partial charge in [0.05, 0.1) is 6.04 Å². The highest BCUT2D eigenvalue weighted by Crippen LogP contribution is 2.59. The third-order valence-corrected chi connectivity index (χ3v) is 16.7. The Bertz CT molecular complexity index is 3490. The third-order valence-electron chi connectivity index (χ3n) is 15.7. The van der Waals surface area contributed by atoms with Gasteiger partial charge in [0.15, 0.2) is 0 Å². The van der Waals surface area contributed by atoms with Crippen molar-refractivity contribution in [3.05, 3.63) is 142 Å². The molecule has 22 nitrogen and oxygen atoms in total. The van der Waals surface area contributed by atoms with Crippen molar-refractivity contribution in [2.24, 2.45) is 12.8 Å². The molecule has 4 aliphatic heterocycles. The number of benzene rings is 4. The van der Waals surface area contributed by atoms with Crippen LogP contribution in [-0.4, -0.2) is 132 Å². The number of fused-ring (bicyclic) bond motifs is 3. The van der Waals surface area contributed by atoms with Gasteiger partial charge in [-0.25, -0.2) is 4.79 Å². The van der Waals surface area contributed by atoms with E-state index in [1.807, 2.05) is 12.1 Å². The van der Waals surface area contributed by atoms with Gasteiger partial charge in [-0.1, -0.05) is 91.1 Å². The summed E-state index contributed by atoms with van der Waals surface area (Å²) in [5.41, 5.74) is 3.05. The van der Waals surface area contributed by atoms with E-state index in [1.54, 1.807) is 66.7 Å². The van der Waals surface area contributed by atoms with Gasteiger partial charge in [-0.3, -0.25) is 48.2 Å². The number of unbranched alkanes of at least 4 members (excludes halogenated alkanes) is 3. The predicted molar refractivity (Wildman–Crippen MR) is 298 cm³/mol. The maximum atomic E-state index is 15.1. The molecule has 0 bridgehead atoms. The van der Waals surface area contributed by atoms with Crippen LogP contribution in [0.1, 0.15) is 119 Å². The number of nitrogens with one attached hydrogen (secondary N) is 4. The Morgan fingerprint density at radius 3 is 2.26 bits per heavy atom. The van der Waals surface area contributed by atoms with Crippen LogP contribution < -0.4 is 27.0 Å². The van der Waals surface area contributed by atoms with Crippen LogP contribution in [0.4, 0.5) is 13.6 Å². The average Bonchev–Trinajstić information content (AvgIpc) is 4.36. The molecule has 25 heteroatoms. The number of alkyl halides is 2. The van der Waals surface area contributed by atoms with Gasteiger partial charge in [0.2, 0.25) is 35.4 Å². The molecule has 1 aromatic heterocycles. The summed E-state index contributed by atoms with van der Waals surface area (Å²) in [4.78, 5) is 145. The number of carbonyl (C=O) groups is 9. The first-order chi connectivity index (χ1) is 40.1. The lowest BCUT2D eigenvalue weighted by molar-refractivity contribution is -0.146. The number of piperidine rings is 1. The molecule has 84 heavy (non-hydrogen) atoms. The molecule has 0 spiro atoms. The van der Waals surface area contributed by atoms with E-state index in [0.29, 0.717) is 53.5 Å². The van der Waals surface area contributed by atoms with E-state index in [1.165, 1.54) is 38.4 Å². The van der Waals surface area contributed by atoms with E-state index in [9.17, 15) is 61.5 Å². The fourth-order valence-corrected chi connectivity index (χ4v) is 11.8. The molecule has 440 valence electrons. The number of aromatic nitrogens is 1. The standard InChI is InChI=1S/C59H62F2N9O13P/c1-67-45-24-22-39(59(60,61)84(80,81)82)30-38(45)31-48(67)55(76)63-43-33-68(50(72)21-12-4-2-3-7-14-35-19-13-20-41-42(35)32-69(56(41)77)46-26-27-49(71)65-53(46)74)29-28-40-23-25-47(70(40)57(43)78)54(75)64-44(34-83-58(62)79)52(73)66-51(36-15-8-5-9-16-36)37-17-10-6-11-18-37/h5-6,8-11,13,15-20,22,24,30-31,40,43-44,46-47,51H,2-4,12,21,23,25-29,32-34H2,1H3,(H2,62,79)(H,63,76)(H,64,75)(H,66,73)(H,65,71,74)(H2,80,81,82)/t40-,43+,44?,46?,47+/m1/s1. The minimum atomic E-state index is -5.95. The molecule has 0 aliphatic carbocycles. The molecule has 4 aromatic carbocycles. The van der Waals surface area contributed by atoms with E-state index in [4.69, 9.17) is 10.5 Å². The summed E-state index contributed by atoms with van der Waals surface area (Å²) < 4.78 is 47.8. The minimum Gasteiger partial charge on any atom is -0.447 e. The second kappa shape index (κ2) is 25.4. The van der Waals surface area contributed by atoms with Crippen LogP contribution >= 0.6 is 7.60 Å². The molecule has 0 saturated carbocycles. The van der Waals surface area contributed by atoms with Crippen molar-refractivity contribution in [1.29, 1.82) is 0 Å². The van der Waals surface area contributed by atoms with E-state index >= 15 is 4.79 Å². The normalized spacial score (nSPS) is 19.3. The number of ether oxygens (including phenoxy) is 1. The molecule has 2 unspecified atom stereocenters. The van der Waals surface area contributed by atoms with Crippen molar-refractivity contribution >= 4 is 71.8 Å². The van der Waals surface area contributed by atoms with Crippen molar-refractivity contribution in [3.8, 4) is 11.8 Å². The van der Waals surface area contributed by atoms with Crippen molar-refractivity contribution in [1.82, 2.24) is 40.5 Å². The summed E-state index contributed by atoms with van der Waals surface area (Å²) in [5.74, 6) is 1.62. The van der Waals surface area contributed by atoms with Crippen LogP contribution in [0.3, 0.4) is 0 Å². The van der Waals surface area contributed by atoms with Crippen molar-refractivity contribution in [3.63, 3.8) is 0 Å². The number of nitrogens with two attached hydrogens (primary N) is 1. The first-order valence-electron chi connectivity index (χ1n) is 27.4. The fourth-order valence-electron chi connectivity index (χ4n) is 11.3. The zero-order valence-corrected chi connectivity index (χ0v) is 46.5. The minimum absolute atomic E-state index is 0.0209. The molecule has 9 amide bonds. The quantitative estimate of drug-likeness (QED) is 0.0278. The largest absolute Gasteiger partial charge is 0.447 e. The van der Waals surface area contributed by atoms with Gasteiger partial charge in [-0.05, 0) is 85.5 Å². The Labute approximate surface area is 480 Å². The molecular weight excluding hydrogens is 1110 g/mol. The fraction of sp³-hybridized carbons (Fsp3) is 0.373. The molecule has 9 rings (SSSR count). The number of imide groups is 1. The van der Waals surface area contributed by atoms with E-state index in [0.717, 1.165) is 12.1 Å². The van der Waals surface area contributed by atoms with Gasteiger partial charge < -0.3 is 55.5 Å². The highest BCUT2D eigenvalue weighted by Gasteiger charge is 2.51. The number of hydrogen-bond acceptors (Lipinski definition) is 11. The predicted octanol–water partition coefficient (Wildman–Crippen LogP) is 4.34. The number of rotatable bonds is 18. The molecule has 3 fully saturated rings. The van der Waals surface area contributed by atoms with Gasteiger partial charge in [0, 0.05) is 79.6 Å². The van der Waals surface area contributed by atoms with Gasteiger partial charge >= 0.3 is 19.4 Å². The SMILES string of the molecule is Cn1c(C(=O)N[C@H]2CN(C(=O)CCCCCC#Cc3cccc4c3CN(C3CCC(=O)NC3=O)C4=O)CC[C@H]3CC[C@@H](C(=O)NC(COC(N)=O)C(=O)NC(c4ccccc4)c4ccccc4)N3C2=O)cc2cc(C(F)(F)P(=O)(O)O)ccc21. The van der Waals surface area contributed by atoms with Crippen LogP contribution in [0.15, 0.2) is 103 Å². The lowest BCUT2D eigenvalue weighted by atomic mass is 9.98. The summed E-state index contributed by atoms with van der Waals surface area (Å²) in [7, 11) is -4.51. The molecule has 5 heterocycles. The Balaban J connectivity index is 0.899. The Morgan fingerprint density at radius 2 is 1.58 bits per heavy atom. The molecule has 0 radical (unpaired) electrons. The monoisotopic (exact) mass is 1170 g/mol. The second-order valence-electron chi connectivity index (χ2n) is 21.1.